The molecule has 0 radical (unpaired) electrons. The molecule has 2 atom stereocenters. The van der Waals surface area contributed by atoms with E-state index in [1.807, 2.05) is 27.7 Å². The van der Waals surface area contributed by atoms with Crippen LogP contribution in [0.1, 0.15) is 98.3 Å². The standard InChI is InChI=1S/C27H44O6S2/c1-26(2,18-28)12-6-10-24-16-20(30)14-22(34(24)32)8-5-9-23-15-21(31)17-25(35(23)33)11-7-13-27(3,4)19-29/h14,17,28-29,34-35H,5-13,15-16,18-19H2,1-4H3. The molecular formula is C27H44O6S2. The van der Waals surface area contributed by atoms with Gasteiger partial charge >= 0.3 is 0 Å². The Kier molecular flexibility index (Phi) is 11.8. The lowest BCUT2D eigenvalue weighted by molar-refractivity contribution is -0.114. The van der Waals surface area contributed by atoms with Crippen LogP contribution in [0.5, 0.6) is 0 Å². The zero-order valence-corrected chi connectivity index (χ0v) is 23.6. The summed E-state index contributed by atoms with van der Waals surface area (Å²) in [5.74, 6) is -0.0424. The first kappa shape index (κ1) is 30.3. The van der Waals surface area contributed by atoms with Crippen molar-refractivity contribution in [2.75, 3.05) is 13.2 Å². The topological polar surface area (TPSA) is 121 Å². The van der Waals surface area contributed by atoms with E-state index in [-0.39, 0.29) is 48.5 Å². The lowest BCUT2D eigenvalue weighted by atomic mass is 9.88. The van der Waals surface area contributed by atoms with Crippen molar-refractivity contribution >= 4 is 42.8 Å². The summed E-state index contributed by atoms with van der Waals surface area (Å²) >= 11 is 0. The largest absolute Gasteiger partial charge is 0.646 e. The molecule has 2 unspecified atom stereocenters. The van der Waals surface area contributed by atoms with Crippen LogP contribution in [0.2, 0.25) is 0 Å². The van der Waals surface area contributed by atoms with E-state index in [4.69, 9.17) is 0 Å². The Hall–Kier alpha value is -0.900. The number of carbonyl (C=O) groups excluding carboxylic acids is 2. The highest BCUT2D eigenvalue weighted by atomic mass is 32.2. The van der Waals surface area contributed by atoms with Crippen molar-refractivity contribution in [1.29, 1.82) is 0 Å². The number of aliphatic hydroxyl groups excluding tert-OH is 2. The van der Waals surface area contributed by atoms with E-state index < -0.39 is 21.5 Å². The Bertz CT molecular complexity index is 902. The van der Waals surface area contributed by atoms with Gasteiger partial charge < -0.3 is 19.3 Å². The lowest BCUT2D eigenvalue weighted by Crippen LogP contribution is -2.22. The lowest BCUT2D eigenvalue weighted by Gasteiger charge is -2.24. The van der Waals surface area contributed by atoms with E-state index >= 15 is 0 Å². The van der Waals surface area contributed by atoms with E-state index in [0.717, 1.165) is 35.4 Å². The van der Waals surface area contributed by atoms with Crippen molar-refractivity contribution in [2.45, 2.75) is 98.3 Å². The number of hydrogen-bond acceptors (Lipinski definition) is 6. The minimum absolute atomic E-state index is 0.0198. The van der Waals surface area contributed by atoms with Crippen LogP contribution in [0, 0.1) is 10.8 Å². The molecule has 35 heavy (non-hydrogen) atoms. The Labute approximate surface area is 215 Å². The molecule has 8 heteroatoms. The summed E-state index contributed by atoms with van der Waals surface area (Å²) in [6.07, 6.45) is 9.48. The van der Waals surface area contributed by atoms with E-state index in [9.17, 15) is 28.9 Å². The number of thiol groups is 2. The van der Waals surface area contributed by atoms with Crippen molar-refractivity contribution < 1.29 is 28.9 Å². The summed E-state index contributed by atoms with van der Waals surface area (Å²) in [7, 11) is -3.43. The Balaban J connectivity index is 1.96. The minimum atomic E-state index is -1.72. The molecule has 0 aromatic rings. The average Bonchev–Trinajstić information content (AvgIpc) is 2.79. The fourth-order valence-corrected chi connectivity index (χ4v) is 7.80. The summed E-state index contributed by atoms with van der Waals surface area (Å²) in [4.78, 5) is 27.4. The van der Waals surface area contributed by atoms with E-state index in [2.05, 4.69) is 0 Å². The fraction of sp³-hybridized carbons (Fsp3) is 0.704. The van der Waals surface area contributed by atoms with Gasteiger partial charge in [-0.1, -0.05) is 27.7 Å². The molecule has 0 saturated carbocycles. The van der Waals surface area contributed by atoms with Gasteiger partial charge in [0.25, 0.3) is 0 Å². The number of allylic oxidation sites excluding steroid dienone is 4. The quantitative estimate of drug-likeness (QED) is 0.202. The summed E-state index contributed by atoms with van der Waals surface area (Å²) in [6, 6.07) is 0. The van der Waals surface area contributed by atoms with Crippen LogP contribution in [-0.4, -0.2) is 53.8 Å². The zero-order valence-electron chi connectivity index (χ0n) is 21.8. The molecule has 200 valence electrons. The SMILES string of the molecule is CC(C)(CO)CCCC1=CC(=O)CC(CCCC2=CC(=O)CC(CCCC(C)(C)CO)=[SH+]2[O-])=[SH+]1[O-]. The van der Waals surface area contributed by atoms with Gasteiger partial charge in [0.2, 0.25) is 0 Å². The van der Waals surface area contributed by atoms with Crippen molar-refractivity contribution in [1.82, 2.24) is 0 Å². The van der Waals surface area contributed by atoms with Crippen molar-refractivity contribution in [3.63, 3.8) is 0 Å². The van der Waals surface area contributed by atoms with Gasteiger partial charge in [-0.05, 0) is 42.9 Å². The first-order valence-corrected chi connectivity index (χ1v) is 15.2. The average molecular weight is 529 g/mol. The van der Waals surface area contributed by atoms with Gasteiger partial charge in [0.15, 0.2) is 11.6 Å². The first-order valence-electron chi connectivity index (χ1n) is 12.7. The van der Waals surface area contributed by atoms with E-state index in [1.165, 1.54) is 12.2 Å². The predicted octanol–water partition coefficient (Wildman–Crippen LogP) is 3.55. The van der Waals surface area contributed by atoms with Crippen molar-refractivity contribution in [2.24, 2.45) is 10.8 Å². The number of aliphatic hydroxyl groups is 2. The summed E-state index contributed by atoms with van der Waals surface area (Å²) in [5.41, 5.74) is -0.374. The predicted molar refractivity (Wildman–Crippen MR) is 148 cm³/mol. The maximum Gasteiger partial charge on any atom is 0.168 e. The molecule has 2 aliphatic rings. The molecule has 6 nitrogen and oxygen atoms in total. The molecule has 0 fully saturated rings. The minimum Gasteiger partial charge on any atom is -0.646 e. The molecular weight excluding hydrogens is 484 g/mol. The Morgan fingerprint density at radius 3 is 1.51 bits per heavy atom. The molecule has 2 N–H and O–H groups in total. The van der Waals surface area contributed by atoms with E-state index in [0.29, 0.717) is 41.9 Å². The van der Waals surface area contributed by atoms with Crippen LogP contribution in [0.15, 0.2) is 22.0 Å². The number of hydrogen-bond donors (Lipinski definition) is 2. The van der Waals surface area contributed by atoms with Gasteiger partial charge in [-0.2, -0.15) is 21.5 Å². The second-order valence-electron chi connectivity index (χ2n) is 11.5. The zero-order chi connectivity index (χ0) is 26.2. The maximum absolute atomic E-state index is 13.1. The molecule has 0 aliphatic carbocycles. The first-order chi connectivity index (χ1) is 16.4. The van der Waals surface area contributed by atoms with Gasteiger partial charge in [-0.3, -0.25) is 9.59 Å². The van der Waals surface area contributed by atoms with Crippen LogP contribution < -0.4 is 0 Å². The molecule has 0 bridgehead atoms. The van der Waals surface area contributed by atoms with Gasteiger partial charge in [0, 0.05) is 51.0 Å². The van der Waals surface area contributed by atoms with Crippen LogP contribution in [0.3, 0.4) is 0 Å². The van der Waals surface area contributed by atoms with Crippen molar-refractivity contribution in [3.8, 4) is 0 Å². The summed E-state index contributed by atoms with van der Waals surface area (Å²) in [5, 5.41) is 18.8. The third-order valence-corrected chi connectivity index (χ3v) is 10.5. The molecule has 0 saturated heterocycles. The van der Waals surface area contributed by atoms with Crippen LogP contribution in [0.4, 0.5) is 0 Å². The highest BCUT2D eigenvalue weighted by Gasteiger charge is 2.25. The van der Waals surface area contributed by atoms with E-state index in [1.54, 1.807) is 0 Å². The maximum atomic E-state index is 13.1. The highest BCUT2D eigenvalue weighted by molar-refractivity contribution is 7.95. The number of rotatable bonds is 14. The van der Waals surface area contributed by atoms with Gasteiger partial charge in [-0.15, -0.1) is 0 Å². The third kappa shape index (κ3) is 9.82. The monoisotopic (exact) mass is 528 g/mol. The molecule has 2 aliphatic heterocycles. The summed E-state index contributed by atoms with van der Waals surface area (Å²) < 4.78 is 26.1. The Morgan fingerprint density at radius 1 is 0.714 bits per heavy atom. The van der Waals surface area contributed by atoms with Crippen LogP contribution in [-0.2, 0) is 31.1 Å². The molecule has 0 spiro atoms. The second kappa shape index (κ2) is 13.6. The van der Waals surface area contributed by atoms with Gasteiger partial charge in [-0.25, -0.2) is 0 Å². The number of carbonyl (C=O) groups is 2. The van der Waals surface area contributed by atoms with Crippen LogP contribution >= 0.6 is 0 Å². The molecule has 0 amide bonds. The normalized spacial score (nSPS) is 21.9. The number of ketones is 2. The third-order valence-electron chi connectivity index (χ3n) is 6.87. The molecule has 2 heterocycles. The molecule has 0 aromatic carbocycles. The van der Waals surface area contributed by atoms with Crippen molar-refractivity contribution in [3.05, 3.63) is 22.0 Å². The fourth-order valence-electron chi connectivity index (χ4n) is 4.42. The highest BCUT2D eigenvalue weighted by Crippen LogP contribution is 2.28. The summed E-state index contributed by atoms with van der Waals surface area (Å²) in [6.45, 7) is 8.14. The Morgan fingerprint density at radius 2 is 1.09 bits per heavy atom. The molecule has 0 aromatic heterocycles. The smallest absolute Gasteiger partial charge is 0.168 e. The second-order valence-corrected chi connectivity index (χ2v) is 15.1. The van der Waals surface area contributed by atoms with Gasteiger partial charge in [0.05, 0.1) is 32.4 Å². The van der Waals surface area contributed by atoms with Gasteiger partial charge in [0.1, 0.15) is 0 Å². The van der Waals surface area contributed by atoms with Crippen LogP contribution in [0.25, 0.3) is 0 Å². The molecule has 2 rings (SSSR count).